The first-order chi connectivity index (χ1) is 12.6. The number of amides is 2. The number of nitrogens with two attached hydrogens (primary N) is 1. The van der Waals surface area contributed by atoms with Gasteiger partial charge in [-0.15, -0.1) is 0 Å². The third-order valence-corrected chi connectivity index (χ3v) is 5.91. The molecule has 2 aliphatic rings. The standard InChI is InChI=1S/C20H23N3O3/c21-18(24)13-26-17-5-6-20(17)7-10-23(11-8-20)19(25)15-3-4-16-14(12-15)2-1-9-22-16/h1-4,9,12,17H,5-8,10-11,13H2,(H2,21,24). The van der Waals surface area contributed by atoms with Gasteiger partial charge in [0, 0.05) is 35.7 Å². The molecule has 1 saturated carbocycles. The van der Waals surface area contributed by atoms with Gasteiger partial charge in [0.15, 0.2) is 0 Å². The van der Waals surface area contributed by atoms with E-state index in [1.54, 1.807) is 6.20 Å². The quantitative estimate of drug-likeness (QED) is 0.912. The predicted molar refractivity (Wildman–Crippen MR) is 97.5 cm³/mol. The third-order valence-electron chi connectivity index (χ3n) is 5.91. The highest BCUT2D eigenvalue weighted by Gasteiger charge is 2.49. The average molecular weight is 353 g/mol. The van der Waals surface area contributed by atoms with E-state index in [1.165, 1.54) is 0 Å². The molecule has 2 aromatic rings. The van der Waals surface area contributed by atoms with Gasteiger partial charge in [0.05, 0.1) is 11.6 Å². The molecule has 1 aromatic heterocycles. The summed E-state index contributed by atoms with van der Waals surface area (Å²) in [5.74, 6) is -0.356. The Bertz CT molecular complexity index is 843. The van der Waals surface area contributed by atoms with Crippen LogP contribution < -0.4 is 5.73 Å². The molecule has 6 heteroatoms. The molecule has 0 bridgehead atoms. The normalized spacial score (nSPS) is 21.5. The first-order valence-electron chi connectivity index (χ1n) is 9.11. The van der Waals surface area contributed by atoms with E-state index in [-0.39, 0.29) is 24.0 Å². The molecule has 1 saturated heterocycles. The zero-order valence-electron chi connectivity index (χ0n) is 14.7. The van der Waals surface area contributed by atoms with Gasteiger partial charge in [-0.2, -0.15) is 0 Å². The molecule has 1 spiro atoms. The van der Waals surface area contributed by atoms with Gasteiger partial charge in [-0.25, -0.2) is 0 Å². The fourth-order valence-electron chi connectivity index (χ4n) is 4.23. The molecular weight excluding hydrogens is 330 g/mol. The predicted octanol–water partition coefficient (Wildman–Crippen LogP) is 2.12. The van der Waals surface area contributed by atoms with Gasteiger partial charge in [-0.3, -0.25) is 14.6 Å². The largest absolute Gasteiger partial charge is 0.368 e. The molecule has 136 valence electrons. The summed E-state index contributed by atoms with van der Waals surface area (Å²) < 4.78 is 5.68. The zero-order valence-corrected chi connectivity index (χ0v) is 14.7. The Balaban J connectivity index is 1.41. The van der Waals surface area contributed by atoms with Crippen LogP contribution in [-0.2, 0) is 9.53 Å². The zero-order chi connectivity index (χ0) is 18.1. The Kier molecular flexibility index (Phi) is 4.36. The van der Waals surface area contributed by atoms with Crippen molar-refractivity contribution in [3.8, 4) is 0 Å². The van der Waals surface area contributed by atoms with Crippen LogP contribution in [0.1, 0.15) is 36.0 Å². The molecule has 1 aliphatic heterocycles. The Morgan fingerprint density at radius 2 is 2.04 bits per heavy atom. The van der Waals surface area contributed by atoms with Gasteiger partial charge in [-0.05, 0) is 49.9 Å². The van der Waals surface area contributed by atoms with Crippen LogP contribution in [0, 0.1) is 5.41 Å². The second kappa shape index (κ2) is 6.68. The maximum atomic E-state index is 12.9. The molecule has 1 aliphatic carbocycles. The van der Waals surface area contributed by atoms with Crippen molar-refractivity contribution in [2.24, 2.45) is 11.1 Å². The van der Waals surface area contributed by atoms with E-state index in [9.17, 15) is 9.59 Å². The van der Waals surface area contributed by atoms with Crippen molar-refractivity contribution < 1.29 is 14.3 Å². The van der Waals surface area contributed by atoms with E-state index in [4.69, 9.17) is 10.5 Å². The second-order valence-electron chi connectivity index (χ2n) is 7.37. The minimum Gasteiger partial charge on any atom is -0.368 e. The number of fused-ring (bicyclic) bond motifs is 1. The Morgan fingerprint density at radius 3 is 2.73 bits per heavy atom. The summed E-state index contributed by atoms with van der Waals surface area (Å²) in [6.45, 7) is 1.43. The summed E-state index contributed by atoms with van der Waals surface area (Å²) in [6.07, 6.45) is 5.75. The third kappa shape index (κ3) is 3.05. The average Bonchev–Trinajstić information content (AvgIpc) is 2.66. The highest BCUT2D eigenvalue weighted by atomic mass is 16.5. The van der Waals surface area contributed by atoms with Crippen molar-refractivity contribution >= 4 is 22.7 Å². The van der Waals surface area contributed by atoms with E-state index in [2.05, 4.69) is 4.98 Å². The SMILES string of the molecule is NC(=O)COC1CCC12CCN(C(=O)c1ccc3ncccc3c1)CC2. The molecule has 26 heavy (non-hydrogen) atoms. The Hall–Kier alpha value is -2.47. The number of likely N-dealkylation sites (tertiary alicyclic amines) is 1. The van der Waals surface area contributed by atoms with Gasteiger partial charge >= 0.3 is 0 Å². The lowest BCUT2D eigenvalue weighted by atomic mass is 9.60. The molecule has 0 radical (unpaired) electrons. The summed E-state index contributed by atoms with van der Waals surface area (Å²) >= 11 is 0. The highest BCUT2D eigenvalue weighted by Crippen LogP contribution is 2.50. The summed E-state index contributed by atoms with van der Waals surface area (Å²) in [7, 11) is 0. The molecule has 2 heterocycles. The number of carbonyl (C=O) groups is 2. The number of benzene rings is 1. The maximum absolute atomic E-state index is 12.9. The van der Waals surface area contributed by atoms with Crippen LogP contribution in [0.4, 0.5) is 0 Å². The first-order valence-corrected chi connectivity index (χ1v) is 9.11. The number of nitrogens with zero attached hydrogens (tertiary/aromatic N) is 2. The fraction of sp³-hybridized carbons (Fsp3) is 0.450. The van der Waals surface area contributed by atoms with Crippen LogP contribution in [0.5, 0.6) is 0 Å². The molecule has 2 fully saturated rings. The van der Waals surface area contributed by atoms with Gasteiger partial charge in [0.1, 0.15) is 6.61 Å². The summed E-state index contributed by atoms with van der Waals surface area (Å²) in [4.78, 5) is 30.0. The van der Waals surface area contributed by atoms with Crippen molar-refractivity contribution in [2.45, 2.75) is 31.8 Å². The molecule has 1 atom stereocenters. The minimum absolute atomic E-state index is 0.0137. The molecular formula is C20H23N3O3. The number of carbonyl (C=O) groups excluding carboxylic acids is 2. The minimum atomic E-state index is -0.426. The summed E-state index contributed by atoms with van der Waals surface area (Å²) in [5, 5.41) is 0.978. The molecule has 6 nitrogen and oxygen atoms in total. The highest BCUT2D eigenvalue weighted by molar-refractivity contribution is 5.98. The van der Waals surface area contributed by atoms with Crippen molar-refractivity contribution in [1.29, 1.82) is 0 Å². The number of ether oxygens (including phenoxy) is 1. The van der Waals surface area contributed by atoms with Gasteiger partial charge < -0.3 is 15.4 Å². The van der Waals surface area contributed by atoms with Crippen molar-refractivity contribution in [1.82, 2.24) is 9.88 Å². The van der Waals surface area contributed by atoms with Crippen LogP contribution in [0.3, 0.4) is 0 Å². The van der Waals surface area contributed by atoms with Crippen LogP contribution in [-0.4, -0.2) is 47.5 Å². The molecule has 1 aromatic carbocycles. The topological polar surface area (TPSA) is 85.5 Å². The number of aromatic nitrogens is 1. The monoisotopic (exact) mass is 353 g/mol. The summed E-state index contributed by atoms with van der Waals surface area (Å²) in [5.41, 5.74) is 6.89. The molecule has 2 amide bonds. The van der Waals surface area contributed by atoms with Gasteiger partial charge in [0.2, 0.25) is 5.91 Å². The number of hydrogen-bond donors (Lipinski definition) is 1. The molecule has 1 unspecified atom stereocenters. The summed E-state index contributed by atoms with van der Waals surface area (Å²) in [6, 6.07) is 9.51. The van der Waals surface area contributed by atoms with Crippen molar-refractivity contribution in [3.05, 3.63) is 42.1 Å². The molecule has 4 rings (SSSR count). The second-order valence-corrected chi connectivity index (χ2v) is 7.37. The van der Waals surface area contributed by atoms with Crippen LogP contribution in [0.2, 0.25) is 0 Å². The van der Waals surface area contributed by atoms with Gasteiger partial charge in [-0.1, -0.05) is 6.07 Å². The van der Waals surface area contributed by atoms with E-state index >= 15 is 0 Å². The van der Waals surface area contributed by atoms with Crippen molar-refractivity contribution in [2.75, 3.05) is 19.7 Å². The van der Waals surface area contributed by atoms with Crippen LogP contribution in [0.25, 0.3) is 10.9 Å². The van der Waals surface area contributed by atoms with Gasteiger partial charge in [0.25, 0.3) is 5.91 Å². The Labute approximate surface area is 152 Å². The number of rotatable bonds is 4. The number of pyridine rings is 1. The Morgan fingerprint density at radius 1 is 1.23 bits per heavy atom. The van der Waals surface area contributed by atoms with E-state index < -0.39 is 5.91 Å². The van der Waals surface area contributed by atoms with E-state index in [0.29, 0.717) is 5.56 Å². The van der Waals surface area contributed by atoms with Crippen LogP contribution in [0.15, 0.2) is 36.5 Å². The lowest BCUT2D eigenvalue weighted by molar-refractivity contribution is -0.148. The fourth-order valence-corrected chi connectivity index (χ4v) is 4.23. The number of piperidine rings is 1. The maximum Gasteiger partial charge on any atom is 0.253 e. The van der Waals surface area contributed by atoms with Crippen molar-refractivity contribution in [3.63, 3.8) is 0 Å². The van der Waals surface area contributed by atoms with Crippen LogP contribution >= 0.6 is 0 Å². The van der Waals surface area contributed by atoms with E-state index in [0.717, 1.165) is 49.7 Å². The number of primary amides is 1. The number of hydrogen-bond acceptors (Lipinski definition) is 4. The molecule has 2 N–H and O–H groups in total. The van der Waals surface area contributed by atoms with E-state index in [1.807, 2.05) is 35.2 Å². The first kappa shape index (κ1) is 17.0. The smallest absolute Gasteiger partial charge is 0.253 e. The lowest BCUT2D eigenvalue weighted by Crippen LogP contribution is -2.54. The lowest BCUT2D eigenvalue weighted by Gasteiger charge is -2.53.